The fraction of sp³-hybridized carbons (Fsp3) is 0.350. The zero-order chi connectivity index (χ0) is 20.3. The maximum absolute atomic E-state index is 13.3. The van der Waals surface area contributed by atoms with Gasteiger partial charge in [0.25, 0.3) is 5.91 Å². The molecule has 0 N–H and O–H groups in total. The Kier molecular flexibility index (Phi) is 6.53. The van der Waals surface area contributed by atoms with Crippen LogP contribution in [0, 0.1) is 0 Å². The summed E-state index contributed by atoms with van der Waals surface area (Å²) in [6, 6.07) is 12.1. The van der Waals surface area contributed by atoms with E-state index in [2.05, 4.69) is 0 Å². The number of ether oxygens (including phenoxy) is 1. The highest BCUT2D eigenvalue weighted by atomic mass is 35.5. The van der Waals surface area contributed by atoms with E-state index in [-0.39, 0.29) is 33.5 Å². The lowest BCUT2D eigenvalue weighted by atomic mass is 10.1. The molecule has 0 saturated carbocycles. The van der Waals surface area contributed by atoms with Crippen LogP contribution >= 0.6 is 23.2 Å². The molecule has 1 heterocycles. The van der Waals surface area contributed by atoms with E-state index in [9.17, 15) is 13.2 Å². The topological polar surface area (TPSA) is 63.7 Å². The summed E-state index contributed by atoms with van der Waals surface area (Å²) in [5, 5.41) is 0.493. The van der Waals surface area contributed by atoms with E-state index >= 15 is 0 Å². The van der Waals surface area contributed by atoms with Crippen LogP contribution in [0.5, 0.6) is 5.75 Å². The van der Waals surface area contributed by atoms with Gasteiger partial charge in [-0.3, -0.25) is 4.79 Å². The molecule has 1 aliphatic heterocycles. The number of nitrogens with zero attached hydrogens (tertiary/aromatic N) is 1. The number of rotatable bonds is 6. The van der Waals surface area contributed by atoms with E-state index in [4.69, 9.17) is 27.9 Å². The van der Waals surface area contributed by atoms with Gasteiger partial charge in [-0.05, 0) is 31.0 Å². The largest absolute Gasteiger partial charge is 0.491 e. The van der Waals surface area contributed by atoms with Crippen molar-refractivity contribution in [3.63, 3.8) is 0 Å². The molecule has 1 saturated heterocycles. The third kappa shape index (κ3) is 4.80. The van der Waals surface area contributed by atoms with Crippen LogP contribution in [-0.2, 0) is 16.4 Å². The molecule has 5 nitrogen and oxygen atoms in total. The molecule has 0 radical (unpaired) electrons. The van der Waals surface area contributed by atoms with Gasteiger partial charge < -0.3 is 9.64 Å². The lowest BCUT2D eigenvalue weighted by Gasteiger charge is -2.29. The van der Waals surface area contributed by atoms with E-state index in [0.29, 0.717) is 30.9 Å². The molecule has 0 aromatic heterocycles. The van der Waals surface area contributed by atoms with Crippen LogP contribution in [0.15, 0.2) is 42.5 Å². The molecule has 28 heavy (non-hydrogen) atoms. The molecular weight excluding hydrogens is 421 g/mol. The molecule has 2 aromatic rings. The Hall–Kier alpha value is -1.76. The third-order valence-corrected chi connectivity index (χ3v) is 6.95. The summed E-state index contributed by atoms with van der Waals surface area (Å²) >= 11 is 12.5. The number of sulfone groups is 1. The first-order valence-electron chi connectivity index (χ1n) is 8.98. The van der Waals surface area contributed by atoms with Gasteiger partial charge >= 0.3 is 0 Å². The van der Waals surface area contributed by atoms with Crippen molar-refractivity contribution in [1.29, 1.82) is 0 Å². The standard InChI is InChI=1S/C20H21Cl2NO4S/c1-2-27-19-17(21)10-15(11-18(19)22)20(24)23(12-14-6-4-3-5-7-14)16-8-9-28(25,26)13-16/h3-7,10-11,16H,2,8-9,12-13H2,1H3. The molecule has 8 heteroatoms. The molecule has 150 valence electrons. The normalized spacial score (nSPS) is 18.0. The zero-order valence-electron chi connectivity index (χ0n) is 15.4. The van der Waals surface area contributed by atoms with E-state index < -0.39 is 9.84 Å². The summed E-state index contributed by atoms with van der Waals surface area (Å²) in [7, 11) is -3.14. The van der Waals surface area contributed by atoms with Crippen molar-refractivity contribution in [3.05, 3.63) is 63.6 Å². The molecule has 3 rings (SSSR count). The summed E-state index contributed by atoms with van der Waals surface area (Å²) in [5.41, 5.74) is 1.22. The molecule has 1 fully saturated rings. The Morgan fingerprint density at radius 2 is 1.82 bits per heavy atom. The molecule has 1 atom stereocenters. The molecule has 0 bridgehead atoms. The molecule has 1 aliphatic rings. The molecule has 0 aliphatic carbocycles. The van der Waals surface area contributed by atoms with Gasteiger partial charge in [-0.25, -0.2) is 8.42 Å². The fourth-order valence-corrected chi connectivity index (χ4v) is 5.63. The minimum absolute atomic E-state index is 0.0376. The first-order chi connectivity index (χ1) is 13.3. The molecule has 1 unspecified atom stereocenters. The summed E-state index contributed by atoms with van der Waals surface area (Å²) in [4.78, 5) is 14.9. The number of hydrogen-bond acceptors (Lipinski definition) is 4. The van der Waals surface area contributed by atoms with Gasteiger partial charge in [0, 0.05) is 18.2 Å². The van der Waals surface area contributed by atoms with Crippen LogP contribution in [0.1, 0.15) is 29.3 Å². The molecule has 1 amide bonds. The maximum Gasteiger partial charge on any atom is 0.254 e. The molecule has 2 aromatic carbocycles. The summed E-state index contributed by atoms with van der Waals surface area (Å²) in [6.07, 6.45) is 0.416. The number of hydrogen-bond donors (Lipinski definition) is 0. The van der Waals surface area contributed by atoms with E-state index in [1.54, 1.807) is 4.90 Å². The first-order valence-corrected chi connectivity index (χ1v) is 11.6. The highest BCUT2D eigenvalue weighted by molar-refractivity contribution is 7.91. The average Bonchev–Trinajstić information content (AvgIpc) is 3.02. The predicted molar refractivity (Wildman–Crippen MR) is 111 cm³/mol. The number of carbonyl (C=O) groups excluding carboxylic acids is 1. The van der Waals surface area contributed by atoms with Gasteiger partial charge in [-0.1, -0.05) is 53.5 Å². The number of benzene rings is 2. The predicted octanol–water partition coefficient (Wildman–Crippen LogP) is 4.22. The highest BCUT2D eigenvalue weighted by Crippen LogP contribution is 2.35. The van der Waals surface area contributed by atoms with Gasteiger partial charge in [0.2, 0.25) is 0 Å². The van der Waals surface area contributed by atoms with Gasteiger partial charge in [0.15, 0.2) is 15.6 Å². The Morgan fingerprint density at radius 1 is 1.18 bits per heavy atom. The number of amides is 1. The van der Waals surface area contributed by atoms with Crippen LogP contribution in [0.2, 0.25) is 10.0 Å². The first kappa shape index (κ1) is 21.0. The second-order valence-electron chi connectivity index (χ2n) is 6.68. The van der Waals surface area contributed by atoms with Crippen molar-refractivity contribution >= 4 is 38.9 Å². The highest BCUT2D eigenvalue weighted by Gasteiger charge is 2.35. The average molecular weight is 442 g/mol. The van der Waals surface area contributed by atoms with Crippen LogP contribution in [0.3, 0.4) is 0 Å². The smallest absolute Gasteiger partial charge is 0.254 e. The molecule has 0 spiro atoms. The summed E-state index contributed by atoms with van der Waals surface area (Å²) < 4.78 is 29.4. The second-order valence-corrected chi connectivity index (χ2v) is 9.72. The fourth-order valence-electron chi connectivity index (χ4n) is 3.30. The number of carbonyl (C=O) groups is 1. The summed E-state index contributed by atoms with van der Waals surface area (Å²) in [5.74, 6) is 0.0729. The van der Waals surface area contributed by atoms with Gasteiger partial charge in [-0.15, -0.1) is 0 Å². The molecular formula is C20H21Cl2NO4S. The van der Waals surface area contributed by atoms with Crippen molar-refractivity contribution in [2.75, 3.05) is 18.1 Å². The van der Waals surface area contributed by atoms with Crippen molar-refractivity contribution < 1.29 is 17.9 Å². The van der Waals surface area contributed by atoms with Crippen LogP contribution < -0.4 is 4.74 Å². The van der Waals surface area contributed by atoms with E-state index in [1.165, 1.54) is 12.1 Å². The van der Waals surface area contributed by atoms with Gasteiger partial charge in [0.05, 0.1) is 28.2 Å². The Morgan fingerprint density at radius 3 is 2.36 bits per heavy atom. The Bertz CT molecular complexity index is 940. The lowest BCUT2D eigenvalue weighted by Crippen LogP contribution is -2.40. The van der Waals surface area contributed by atoms with Gasteiger partial charge in [0.1, 0.15) is 0 Å². The zero-order valence-corrected chi connectivity index (χ0v) is 17.7. The number of halogens is 2. The van der Waals surface area contributed by atoms with Crippen molar-refractivity contribution in [2.45, 2.75) is 25.9 Å². The van der Waals surface area contributed by atoms with E-state index in [0.717, 1.165) is 5.56 Å². The monoisotopic (exact) mass is 441 g/mol. The quantitative estimate of drug-likeness (QED) is 0.672. The second kappa shape index (κ2) is 8.72. The van der Waals surface area contributed by atoms with Gasteiger partial charge in [-0.2, -0.15) is 0 Å². The van der Waals surface area contributed by atoms with Crippen molar-refractivity contribution in [2.24, 2.45) is 0 Å². The third-order valence-electron chi connectivity index (χ3n) is 4.64. The van der Waals surface area contributed by atoms with Crippen molar-refractivity contribution in [3.8, 4) is 5.75 Å². The summed E-state index contributed by atoms with van der Waals surface area (Å²) in [6.45, 7) is 2.52. The minimum atomic E-state index is -3.14. The Balaban J connectivity index is 1.94. The van der Waals surface area contributed by atoms with E-state index in [1.807, 2.05) is 37.3 Å². The van der Waals surface area contributed by atoms with Crippen LogP contribution in [0.4, 0.5) is 0 Å². The maximum atomic E-state index is 13.3. The minimum Gasteiger partial charge on any atom is -0.491 e. The van der Waals surface area contributed by atoms with Crippen LogP contribution in [-0.4, -0.2) is 43.4 Å². The van der Waals surface area contributed by atoms with Crippen molar-refractivity contribution in [1.82, 2.24) is 4.90 Å². The SMILES string of the molecule is CCOc1c(Cl)cc(C(=O)N(Cc2ccccc2)C2CCS(=O)(=O)C2)cc1Cl. The Labute approximate surface area is 175 Å². The van der Waals surface area contributed by atoms with Crippen LogP contribution in [0.25, 0.3) is 0 Å². The lowest BCUT2D eigenvalue weighted by molar-refractivity contribution is 0.0681.